The summed E-state index contributed by atoms with van der Waals surface area (Å²) in [6, 6.07) is 79.5. The standard InChI is InChI=1S/C70H48F2N4/c1-3-49-63(43-31-35-45(71)36-32-43)70(76-58-28-16-12-24-52(58)54-40-42-62-66(69(54)76)56-26-14-18-30-60(56)74(62)48-21-9-6-10-22-48)64(44-33-37-46(72)38-34-44)50(4-2)67(49)75-57-27-15-11-23-51(57)53-39-41-61-65(68(53)75)55-25-13-17-29-59(55)73(61)47-19-7-5-8-20-47/h5-42H,3-4H2,1-2H3. The van der Waals surface area contributed by atoms with E-state index in [0.717, 1.165) is 143 Å². The second-order valence-corrected chi connectivity index (χ2v) is 19.9. The minimum absolute atomic E-state index is 0.306. The third-order valence-electron chi connectivity index (χ3n) is 16.0. The van der Waals surface area contributed by atoms with E-state index in [0.29, 0.717) is 12.8 Å². The molecule has 0 aliphatic rings. The molecule has 11 aromatic carbocycles. The van der Waals surface area contributed by atoms with Crippen molar-refractivity contribution >= 4 is 87.2 Å². The first-order valence-electron chi connectivity index (χ1n) is 26.3. The molecule has 15 rings (SSSR count). The van der Waals surface area contributed by atoms with Gasteiger partial charge in [0.15, 0.2) is 0 Å². The molecule has 0 unspecified atom stereocenters. The Bertz CT molecular complexity index is 4750. The maximum Gasteiger partial charge on any atom is 0.123 e. The average Bonchev–Trinajstić information content (AvgIpc) is 4.40. The number of halogens is 2. The lowest BCUT2D eigenvalue weighted by molar-refractivity contribution is 0.627. The summed E-state index contributed by atoms with van der Waals surface area (Å²) in [6.07, 6.45) is 1.28. The molecule has 0 saturated carbocycles. The molecule has 4 heterocycles. The van der Waals surface area contributed by atoms with Gasteiger partial charge in [0.25, 0.3) is 0 Å². The molecule has 0 bridgehead atoms. The number of nitrogens with zero attached hydrogens (tertiary/aromatic N) is 4. The highest BCUT2D eigenvalue weighted by Gasteiger charge is 2.32. The van der Waals surface area contributed by atoms with E-state index in [4.69, 9.17) is 0 Å². The SMILES string of the molecule is CCc1c(-c2ccc(F)cc2)c(-n2c3ccccc3c3ccc4c(c5ccccc5n4-c4ccccc4)c32)c(-c2ccc(F)cc2)c(CC)c1-n1c2ccccc2c2ccc3c(c4ccccc4n3-c3ccccc3)c21. The lowest BCUT2D eigenvalue weighted by Crippen LogP contribution is -2.13. The van der Waals surface area contributed by atoms with Gasteiger partial charge in [-0.1, -0.05) is 159 Å². The molecule has 0 atom stereocenters. The Morgan fingerprint density at radius 2 is 0.632 bits per heavy atom. The van der Waals surface area contributed by atoms with E-state index < -0.39 is 0 Å². The van der Waals surface area contributed by atoms with E-state index in [-0.39, 0.29) is 11.6 Å². The molecule has 6 heteroatoms. The van der Waals surface area contributed by atoms with Gasteiger partial charge in [0.1, 0.15) is 11.6 Å². The second-order valence-electron chi connectivity index (χ2n) is 19.9. The average molecular weight is 983 g/mol. The van der Waals surface area contributed by atoms with Crippen LogP contribution < -0.4 is 0 Å². The number of fused-ring (bicyclic) bond motifs is 14. The topological polar surface area (TPSA) is 19.7 Å². The number of hydrogen-bond acceptors (Lipinski definition) is 0. The number of hydrogen-bond donors (Lipinski definition) is 0. The molecule has 76 heavy (non-hydrogen) atoms. The van der Waals surface area contributed by atoms with Gasteiger partial charge in [0.2, 0.25) is 0 Å². The molecule has 0 saturated heterocycles. The minimum Gasteiger partial charge on any atom is -0.309 e. The first-order valence-corrected chi connectivity index (χ1v) is 26.3. The van der Waals surface area contributed by atoms with Crippen molar-refractivity contribution in [2.75, 3.05) is 0 Å². The number of para-hydroxylation sites is 6. The van der Waals surface area contributed by atoms with Crippen LogP contribution in [-0.4, -0.2) is 18.3 Å². The van der Waals surface area contributed by atoms with E-state index in [1.54, 1.807) is 24.3 Å². The van der Waals surface area contributed by atoms with Crippen LogP contribution in [0.15, 0.2) is 231 Å². The van der Waals surface area contributed by atoms with E-state index in [9.17, 15) is 0 Å². The van der Waals surface area contributed by atoms with Crippen LogP contribution in [0.4, 0.5) is 8.78 Å². The Morgan fingerprint density at radius 1 is 0.289 bits per heavy atom. The zero-order valence-electron chi connectivity index (χ0n) is 41.9. The van der Waals surface area contributed by atoms with Gasteiger partial charge in [-0.15, -0.1) is 0 Å². The van der Waals surface area contributed by atoms with Crippen LogP contribution >= 0.6 is 0 Å². The predicted octanol–water partition coefficient (Wildman–Crippen LogP) is 18.8. The number of benzene rings is 11. The highest BCUT2D eigenvalue weighted by molar-refractivity contribution is 6.28. The number of rotatable bonds is 8. The fraction of sp³-hybridized carbons (Fsp3) is 0.0571. The summed E-state index contributed by atoms with van der Waals surface area (Å²) in [4.78, 5) is 0. The summed E-state index contributed by atoms with van der Waals surface area (Å²) >= 11 is 0. The minimum atomic E-state index is -0.306. The lowest BCUT2D eigenvalue weighted by Gasteiger charge is -2.29. The van der Waals surface area contributed by atoms with Gasteiger partial charge >= 0.3 is 0 Å². The van der Waals surface area contributed by atoms with Crippen LogP contribution in [0.1, 0.15) is 25.0 Å². The highest BCUT2D eigenvalue weighted by Crippen LogP contribution is 2.52. The summed E-state index contributed by atoms with van der Waals surface area (Å²) in [5.41, 5.74) is 19.0. The molecule has 0 N–H and O–H groups in total. The molecule has 15 aromatic rings. The summed E-state index contributed by atoms with van der Waals surface area (Å²) in [6.45, 7) is 4.52. The largest absolute Gasteiger partial charge is 0.309 e. The first-order chi connectivity index (χ1) is 37.5. The third kappa shape index (κ3) is 6.21. The molecule has 362 valence electrons. The van der Waals surface area contributed by atoms with E-state index in [1.165, 1.54) is 0 Å². The van der Waals surface area contributed by atoms with Crippen molar-refractivity contribution in [3.63, 3.8) is 0 Å². The Kier molecular flexibility index (Phi) is 9.85. The van der Waals surface area contributed by atoms with Crippen LogP contribution in [0, 0.1) is 11.6 Å². The first kappa shape index (κ1) is 44.0. The van der Waals surface area contributed by atoms with Gasteiger partial charge in [0.05, 0.1) is 55.5 Å². The zero-order valence-corrected chi connectivity index (χ0v) is 41.9. The van der Waals surface area contributed by atoms with Gasteiger partial charge in [-0.05, 0) is 120 Å². The van der Waals surface area contributed by atoms with Crippen LogP contribution in [0.5, 0.6) is 0 Å². The van der Waals surface area contributed by atoms with Crippen molar-refractivity contribution in [3.8, 4) is 45.0 Å². The third-order valence-corrected chi connectivity index (χ3v) is 16.0. The van der Waals surface area contributed by atoms with Gasteiger partial charge in [-0.25, -0.2) is 8.78 Å². The zero-order chi connectivity index (χ0) is 50.8. The van der Waals surface area contributed by atoms with Crippen molar-refractivity contribution in [1.29, 1.82) is 0 Å². The van der Waals surface area contributed by atoms with E-state index >= 15 is 8.78 Å². The van der Waals surface area contributed by atoms with Crippen molar-refractivity contribution in [2.24, 2.45) is 0 Å². The van der Waals surface area contributed by atoms with Gasteiger partial charge in [-0.2, -0.15) is 0 Å². The van der Waals surface area contributed by atoms with E-state index in [1.807, 2.05) is 24.3 Å². The molecule has 0 fully saturated rings. The maximum absolute atomic E-state index is 15.5. The maximum atomic E-state index is 15.5. The smallest absolute Gasteiger partial charge is 0.123 e. The molecule has 4 aromatic heterocycles. The van der Waals surface area contributed by atoms with Crippen LogP contribution in [-0.2, 0) is 12.8 Å². The van der Waals surface area contributed by atoms with Crippen LogP contribution in [0.2, 0.25) is 0 Å². The molecule has 0 aliphatic carbocycles. The highest BCUT2D eigenvalue weighted by atomic mass is 19.1. The summed E-state index contributed by atoms with van der Waals surface area (Å²) in [5.74, 6) is -0.612. The van der Waals surface area contributed by atoms with Crippen LogP contribution in [0.3, 0.4) is 0 Å². The van der Waals surface area contributed by atoms with Crippen molar-refractivity contribution in [1.82, 2.24) is 18.3 Å². The van der Waals surface area contributed by atoms with E-state index in [2.05, 4.69) is 214 Å². The lowest BCUT2D eigenvalue weighted by atomic mass is 9.84. The number of aromatic nitrogens is 4. The van der Waals surface area contributed by atoms with Crippen molar-refractivity contribution in [2.45, 2.75) is 26.7 Å². The van der Waals surface area contributed by atoms with Gasteiger partial charge in [0, 0.05) is 65.6 Å². The van der Waals surface area contributed by atoms with Gasteiger partial charge in [-0.3, -0.25) is 0 Å². The van der Waals surface area contributed by atoms with Gasteiger partial charge < -0.3 is 18.3 Å². The summed E-state index contributed by atoms with van der Waals surface area (Å²) in [5, 5.41) is 9.11. The van der Waals surface area contributed by atoms with Crippen molar-refractivity contribution < 1.29 is 8.78 Å². The molecule has 0 radical (unpaired) electrons. The monoisotopic (exact) mass is 982 g/mol. The van der Waals surface area contributed by atoms with Crippen molar-refractivity contribution in [3.05, 3.63) is 253 Å². The predicted molar refractivity (Wildman–Crippen MR) is 313 cm³/mol. The molecular formula is C70H48F2N4. The molecular weight excluding hydrogens is 935 g/mol. The Morgan fingerprint density at radius 3 is 1.03 bits per heavy atom. The fourth-order valence-electron chi connectivity index (χ4n) is 13.1. The molecule has 0 amide bonds. The molecule has 0 spiro atoms. The Hall–Kier alpha value is -9.52. The summed E-state index contributed by atoms with van der Waals surface area (Å²) in [7, 11) is 0. The quantitative estimate of drug-likeness (QED) is 0.145. The summed E-state index contributed by atoms with van der Waals surface area (Å²) < 4.78 is 40.9. The molecule has 0 aliphatic heterocycles. The Labute approximate surface area is 437 Å². The normalized spacial score (nSPS) is 12.1. The molecule has 4 nitrogen and oxygen atoms in total. The Balaban J connectivity index is 1.20. The van der Waals surface area contributed by atoms with Crippen LogP contribution in [0.25, 0.3) is 132 Å². The second kappa shape index (κ2) is 17.0. The fourth-order valence-corrected chi connectivity index (χ4v) is 13.1.